The second kappa shape index (κ2) is 36.4. The molecule has 0 radical (unpaired) electrons. The molecule has 92 heavy (non-hydrogen) atoms. The van der Waals surface area contributed by atoms with Crippen molar-refractivity contribution in [3.63, 3.8) is 0 Å². The lowest BCUT2D eigenvalue weighted by Crippen LogP contribution is -2.44. The molecule has 0 bridgehead atoms. The second-order valence-electron chi connectivity index (χ2n) is 18.8. The number of nitrogens with one attached hydrogen (secondary N) is 12. The van der Waals surface area contributed by atoms with Crippen LogP contribution in [0.1, 0.15) is 0 Å². The molecular formula is C54H60N20O18. The number of carbonyl (C=O) groups is 6. The summed E-state index contributed by atoms with van der Waals surface area (Å²) in [5.41, 5.74) is 0.219. The predicted octanol–water partition coefficient (Wildman–Crippen LogP) is 6.96. The third-order valence-electron chi connectivity index (χ3n) is 12.2. The molecule has 484 valence electrons. The van der Waals surface area contributed by atoms with E-state index in [1.807, 2.05) is 9.80 Å². The van der Waals surface area contributed by atoms with E-state index in [-0.39, 0.29) is 147 Å². The Hall–Kier alpha value is -12.7. The SMILES string of the molecule is O=C(NCCN(CCNC(=O)Nc1cccc([N+](=O)[O-])c1)CCNC(=O)Nc1cccc([N+](=O)[O-])c1)Nc1cccc([N+](=O)[O-])c1.O=C(NCCN(CCNC(=O)Nc1cccc([N+](=O)[O-])c1)CCNC(=O)Nc1cccc([N+](=O)[O-])c1)Nc1cccc([N+](=O)[O-])c1. The Kier molecular flexibility index (Phi) is 27.7. The van der Waals surface area contributed by atoms with Gasteiger partial charge in [0.15, 0.2) is 0 Å². The number of hydrogen-bond acceptors (Lipinski definition) is 20. The number of nitro benzene ring substituents is 6. The molecule has 0 spiro atoms. The minimum atomic E-state index is -0.607. The third-order valence-corrected chi connectivity index (χ3v) is 12.2. The van der Waals surface area contributed by atoms with E-state index in [1.165, 1.54) is 146 Å². The summed E-state index contributed by atoms with van der Waals surface area (Å²) in [4.78, 5) is 140. The van der Waals surface area contributed by atoms with Crippen LogP contribution in [-0.2, 0) is 0 Å². The summed E-state index contributed by atoms with van der Waals surface area (Å²) >= 11 is 0. The van der Waals surface area contributed by atoms with Crippen molar-refractivity contribution in [3.8, 4) is 0 Å². The van der Waals surface area contributed by atoms with E-state index in [2.05, 4.69) is 63.8 Å². The van der Waals surface area contributed by atoms with Crippen LogP contribution in [0.5, 0.6) is 0 Å². The molecule has 0 saturated carbocycles. The first-order valence-corrected chi connectivity index (χ1v) is 27.2. The standard InChI is InChI=1S/2C27H30N10O9/c2*38-25(31-19-4-1-7-22(16-19)35(41)42)28-10-13-34(14-11-29-26(39)32-20-5-2-8-23(17-20)36(43)44)15-12-30-27(40)33-21-6-3-9-24(18-21)37(45)46/h2*1-9,16-18H,10-15H2,(H2,28,31,38)(H2,29,32,39)(H2,30,33,40). The molecule has 6 aromatic rings. The molecule has 0 aliphatic carbocycles. The van der Waals surface area contributed by atoms with Gasteiger partial charge in [-0.25, -0.2) is 28.8 Å². The summed E-state index contributed by atoms with van der Waals surface area (Å²) in [6.07, 6.45) is 0. The van der Waals surface area contributed by atoms with Gasteiger partial charge in [0.05, 0.1) is 29.5 Å². The minimum absolute atomic E-state index is 0.126. The van der Waals surface area contributed by atoms with Gasteiger partial charge in [0.2, 0.25) is 0 Å². The zero-order valence-corrected chi connectivity index (χ0v) is 48.3. The van der Waals surface area contributed by atoms with Crippen LogP contribution in [0.3, 0.4) is 0 Å². The van der Waals surface area contributed by atoms with Crippen LogP contribution in [0.4, 0.5) is 97.0 Å². The van der Waals surface area contributed by atoms with Gasteiger partial charge in [0.1, 0.15) is 0 Å². The van der Waals surface area contributed by atoms with E-state index in [0.717, 1.165) is 0 Å². The van der Waals surface area contributed by atoms with E-state index in [9.17, 15) is 89.5 Å². The molecule has 0 aliphatic rings. The van der Waals surface area contributed by atoms with E-state index in [0.29, 0.717) is 0 Å². The van der Waals surface area contributed by atoms with Crippen LogP contribution < -0.4 is 63.8 Å². The van der Waals surface area contributed by atoms with Crippen LogP contribution in [-0.4, -0.2) is 154 Å². The Labute approximate surface area is 519 Å². The first-order valence-electron chi connectivity index (χ1n) is 27.2. The average Bonchev–Trinajstić information content (AvgIpc) is 3.12. The highest BCUT2D eigenvalue weighted by Crippen LogP contribution is 2.22. The number of benzene rings is 6. The second-order valence-corrected chi connectivity index (χ2v) is 18.8. The molecule has 38 nitrogen and oxygen atoms in total. The summed E-state index contributed by atoms with van der Waals surface area (Å²) in [6, 6.07) is 28.9. The van der Waals surface area contributed by atoms with Crippen molar-refractivity contribution >= 4 is 104 Å². The maximum absolute atomic E-state index is 12.3. The number of nitrogens with zero attached hydrogens (tertiary/aromatic N) is 8. The third kappa shape index (κ3) is 26.1. The van der Waals surface area contributed by atoms with Gasteiger partial charge in [-0.3, -0.25) is 70.5 Å². The zero-order valence-electron chi connectivity index (χ0n) is 48.3. The predicted molar refractivity (Wildman–Crippen MR) is 334 cm³/mol. The number of anilines is 6. The lowest BCUT2D eigenvalue weighted by Gasteiger charge is -2.23. The van der Waals surface area contributed by atoms with Crippen molar-refractivity contribution in [2.45, 2.75) is 0 Å². The Morgan fingerprint density at radius 1 is 0.261 bits per heavy atom. The van der Waals surface area contributed by atoms with Crippen molar-refractivity contribution in [1.29, 1.82) is 0 Å². The van der Waals surface area contributed by atoms with Gasteiger partial charge < -0.3 is 63.8 Å². The first kappa shape index (κ1) is 70.0. The molecule has 6 aromatic carbocycles. The van der Waals surface area contributed by atoms with Crippen LogP contribution in [0, 0.1) is 60.7 Å². The van der Waals surface area contributed by atoms with Gasteiger partial charge in [-0.2, -0.15) is 0 Å². The van der Waals surface area contributed by atoms with Crippen LogP contribution >= 0.6 is 0 Å². The highest BCUT2D eigenvalue weighted by Gasteiger charge is 2.17. The summed E-state index contributed by atoms with van der Waals surface area (Å²) in [5, 5.41) is 96.6. The fraction of sp³-hybridized carbons (Fsp3) is 0.222. The molecule has 12 amide bonds. The number of rotatable bonds is 30. The van der Waals surface area contributed by atoms with E-state index in [4.69, 9.17) is 0 Å². The zero-order chi connectivity index (χ0) is 67.0. The quantitative estimate of drug-likeness (QED) is 0.0160. The molecule has 0 saturated heterocycles. The summed E-state index contributed by atoms with van der Waals surface area (Å²) < 4.78 is 0. The Bertz CT molecular complexity index is 3040. The van der Waals surface area contributed by atoms with E-state index < -0.39 is 65.7 Å². The molecular weight excluding hydrogens is 1220 g/mol. The summed E-state index contributed by atoms with van der Waals surface area (Å²) in [5.74, 6) is 0. The van der Waals surface area contributed by atoms with E-state index in [1.54, 1.807) is 0 Å². The van der Waals surface area contributed by atoms with Gasteiger partial charge in [-0.05, 0) is 36.4 Å². The number of hydrogen-bond donors (Lipinski definition) is 12. The number of urea groups is 6. The van der Waals surface area contributed by atoms with Gasteiger partial charge in [-0.15, -0.1) is 0 Å². The van der Waals surface area contributed by atoms with Crippen molar-refractivity contribution in [1.82, 2.24) is 41.7 Å². The molecule has 0 heterocycles. The van der Waals surface area contributed by atoms with Gasteiger partial charge in [0, 0.05) is 185 Å². The maximum atomic E-state index is 12.3. The van der Waals surface area contributed by atoms with Crippen molar-refractivity contribution < 1.29 is 58.3 Å². The fourth-order valence-electron chi connectivity index (χ4n) is 7.87. The molecule has 0 fully saturated rings. The smallest absolute Gasteiger partial charge is 0.319 e. The lowest BCUT2D eigenvalue weighted by atomic mass is 10.3. The van der Waals surface area contributed by atoms with Gasteiger partial charge in [-0.1, -0.05) is 36.4 Å². The monoisotopic (exact) mass is 1280 g/mol. The van der Waals surface area contributed by atoms with Crippen LogP contribution in [0.2, 0.25) is 0 Å². The summed E-state index contributed by atoms with van der Waals surface area (Å²) in [7, 11) is 0. The number of amides is 12. The minimum Gasteiger partial charge on any atom is -0.337 e. The maximum Gasteiger partial charge on any atom is 0.319 e. The van der Waals surface area contributed by atoms with Gasteiger partial charge in [0.25, 0.3) is 34.1 Å². The van der Waals surface area contributed by atoms with Crippen molar-refractivity contribution in [2.24, 2.45) is 0 Å². The topological polar surface area (TPSA) is 512 Å². The Morgan fingerprint density at radius 2 is 0.402 bits per heavy atom. The molecule has 0 aromatic heterocycles. The molecule has 0 aliphatic heterocycles. The van der Waals surface area contributed by atoms with Crippen molar-refractivity contribution in [3.05, 3.63) is 206 Å². The largest absolute Gasteiger partial charge is 0.337 e. The number of nitro groups is 6. The number of carbonyl (C=O) groups excluding carboxylic acids is 6. The highest BCUT2D eigenvalue weighted by molar-refractivity contribution is 5.92. The number of non-ortho nitro benzene ring substituents is 6. The molecule has 0 unspecified atom stereocenters. The first-order chi connectivity index (χ1) is 44.0. The highest BCUT2D eigenvalue weighted by atomic mass is 16.6. The molecule has 6 rings (SSSR count). The van der Waals surface area contributed by atoms with Crippen molar-refractivity contribution in [2.75, 3.05) is 110 Å². The van der Waals surface area contributed by atoms with Crippen LogP contribution in [0.25, 0.3) is 0 Å². The Morgan fingerprint density at radius 3 is 0.533 bits per heavy atom. The normalized spacial score (nSPS) is 10.4. The van der Waals surface area contributed by atoms with Gasteiger partial charge >= 0.3 is 36.2 Å². The van der Waals surface area contributed by atoms with E-state index >= 15 is 0 Å². The van der Waals surface area contributed by atoms with Crippen LogP contribution in [0.15, 0.2) is 146 Å². The Balaban J connectivity index is 0.000000334. The molecule has 0 atom stereocenters. The average molecular weight is 1280 g/mol. The lowest BCUT2D eigenvalue weighted by molar-refractivity contribution is -0.385. The fourth-order valence-corrected chi connectivity index (χ4v) is 7.87. The summed E-state index contributed by atoms with van der Waals surface area (Å²) in [6.45, 7) is 2.36. The molecule has 12 N–H and O–H groups in total. The molecule has 38 heteroatoms.